The van der Waals surface area contributed by atoms with Crippen molar-refractivity contribution in [1.82, 2.24) is 9.55 Å². The molecule has 6 nitrogen and oxygen atoms in total. The molecule has 0 radical (unpaired) electrons. The molecule has 2 N–H and O–H groups in total. The number of aryl methyl sites for hydroxylation is 1. The van der Waals surface area contributed by atoms with E-state index in [4.69, 9.17) is 10.5 Å². The second-order valence-electron chi connectivity index (χ2n) is 5.56. The van der Waals surface area contributed by atoms with Crippen LogP contribution in [-0.4, -0.2) is 28.4 Å². The number of hydrogen-bond acceptors (Lipinski definition) is 4. The molecule has 0 fully saturated rings. The first-order valence-corrected chi connectivity index (χ1v) is 7.38. The zero-order valence-corrected chi connectivity index (χ0v) is 13.4. The fraction of sp³-hybridized carbons (Fsp3) is 0.353. The highest BCUT2D eigenvalue weighted by molar-refractivity contribution is 5.83. The van der Waals surface area contributed by atoms with Crippen LogP contribution in [0.5, 0.6) is 5.75 Å². The van der Waals surface area contributed by atoms with Gasteiger partial charge in [0.2, 0.25) is 5.91 Å². The van der Waals surface area contributed by atoms with E-state index in [9.17, 15) is 9.59 Å². The lowest BCUT2D eigenvalue weighted by molar-refractivity contribution is -0.120. The fourth-order valence-electron chi connectivity index (χ4n) is 2.60. The van der Waals surface area contributed by atoms with Gasteiger partial charge in [-0.25, -0.2) is 4.98 Å². The number of nitrogens with zero attached hydrogens (tertiary/aromatic N) is 2. The molecule has 23 heavy (non-hydrogen) atoms. The highest BCUT2D eigenvalue weighted by Crippen LogP contribution is 2.24. The fourth-order valence-corrected chi connectivity index (χ4v) is 2.60. The number of benzene rings is 1. The molecule has 1 heterocycles. The largest absolute Gasteiger partial charge is 0.497 e. The van der Waals surface area contributed by atoms with Crippen LogP contribution in [0.15, 0.2) is 36.8 Å². The highest BCUT2D eigenvalue weighted by Gasteiger charge is 2.21. The maximum atomic E-state index is 12.4. The van der Waals surface area contributed by atoms with E-state index in [0.29, 0.717) is 6.42 Å². The van der Waals surface area contributed by atoms with Gasteiger partial charge in [-0.05, 0) is 17.7 Å². The van der Waals surface area contributed by atoms with E-state index < -0.39 is 5.91 Å². The van der Waals surface area contributed by atoms with E-state index in [-0.39, 0.29) is 24.5 Å². The molecule has 1 atom stereocenters. The van der Waals surface area contributed by atoms with E-state index in [1.165, 1.54) is 0 Å². The van der Waals surface area contributed by atoms with Gasteiger partial charge in [0.05, 0.1) is 13.4 Å². The van der Waals surface area contributed by atoms with Gasteiger partial charge in [-0.2, -0.15) is 0 Å². The van der Waals surface area contributed by atoms with Crippen molar-refractivity contribution >= 4 is 11.7 Å². The number of aromatic nitrogens is 2. The Labute approximate surface area is 135 Å². The van der Waals surface area contributed by atoms with Gasteiger partial charge >= 0.3 is 0 Å². The molecule has 6 heteroatoms. The third-order valence-corrected chi connectivity index (χ3v) is 3.75. The molecule has 0 bridgehead atoms. The molecule has 1 aromatic heterocycles. The SMILES string of the molecule is COc1ccc(CC(=O)CC(CC(N)=O)c2cncn2C)cc1. The summed E-state index contributed by atoms with van der Waals surface area (Å²) in [5.74, 6) is 0.143. The number of Topliss-reactive ketones (excluding diaryl/α,β-unsaturated/α-hetero) is 1. The first-order valence-electron chi connectivity index (χ1n) is 7.38. The number of imidazole rings is 1. The van der Waals surface area contributed by atoms with Crippen LogP contribution < -0.4 is 10.5 Å². The first-order chi connectivity index (χ1) is 11.0. The van der Waals surface area contributed by atoms with Crippen molar-refractivity contribution in [2.45, 2.75) is 25.2 Å². The van der Waals surface area contributed by atoms with Crippen LogP contribution in [0.25, 0.3) is 0 Å². The average molecular weight is 315 g/mol. The van der Waals surface area contributed by atoms with E-state index >= 15 is 0 Å². The van der Waals surface area contributed by atoms with Crippen LogP contribution in [0.4, 0.5) is 0 Å². The zero-order valence-electron chi connectivity index (χ0n) is 13.4. The monoisotopic (exact) mass is 315 g/mol. The Morgan fingerprint density at radius 3 is 2.48 bits per heavy atom. The topological polar surface area (TPSA) is 87.2 Å². The van der Waals surface area contributed by atoms with Crippen LogP contribution in [0, 0.1) is 0 Å². The molecular weight excluding hydrogens is 294 g/mol. The lowest BCUT2D eigenvalue weighted by Crippen LogP contribution is -2.19. The molecule has 122 valence electrons. The van der Waals surface area contributed by atoms with Crippen molar-refractivity contribution < 1.29 is 14.3 Å². The van der Waals surface area contributed by atoms with Crippen molar-refractivity contribution in [2.24, 2.45) is 12.8 Å². The van der Waals surface area contributed by atoms with Crippen molar-refractivity contribution in [3.05, 3.63) is 48.0 Å². The third-order valence-electron chi connectivity index (χ3n) is 3.75. The van der Waals surface area contributed by atoms with Crippen molar-refractivity contribution in [2.75, 3.05) is 7.11 Å². The Morgan fingerprint density at radius 2 is 1.96 bits per heavy atom. The minimum atomic E-state index is -0.423. The Hall–Kier alpha value is -2.63. The summed E-state index contributed by atoms with van der Waals surface area (Å²) in [6.07, 6.45) is 4.03. The predicted molar refractivity (Wildman–Crippen MR) is 86.1 cm³/mol. The third kappa shape index (κ3) is 4.67. The Balaban J connectivity index is 2.04. The van der Waals surface area contributed by atoms with E-state index in [1.807, 2.05) is 35.9 Å². The molecule has 1 aromatic carbocycles. The summed E-state index contributed by atoms with van der Waals surface area (Å²) in [4.78, 5) is 27.7. The number of primary amides is 1. The van der Waals surface area contributed by atoms with Crippen molar-refractivity contribution in [3.63, 3.8) is 0 Å². The molecule has 0 spiro atoms. The molecule has 0 aliphatic carbocycles. The molecule has 1 unspecified atom stereocenters. The summed E-state index contributed by atoms with van der Waals surface area (Å²) in [6.45, 7) is 0. The molecule has 2 aromatic rings. The minimum Gasteiger partial charge on any atom is -0.497 e. The lowest BCUT2D eigenvalue weighted by atomic mass is 9.92. The van der Waals surface area contributed by atoms with Gasteiger partial charge in [-0.1, -0.05) is 12.1 Å². The number of methoxy groups -OCH3 is 1. The summed E-state index contributed by atoms with van der Waals surface area (Å²) in [5, 5.41) is 0. The minimum absolute atomic E-state index is 0.0580. The molecule has 1 amide bonds. The summed E-state index contributed by atoms with van der Waals surface area (Å²) < 4.78 is 6.91. The Kier molecular flexibility index (Phi) is 5.51. The van der Waals surface area contributed by atoms with Gasteiger partial charge in [0.15, 0.2) is 0 Å². The number of rotatable bonds is 8. The van der Waals surface area contributed by atoms with Crippen molar-refractivity contribution in [3.8, 4) is 5.75 Å². The van der Waals surface area contributed by atoms with Crippen LogP contribution >= 0.6 is 0 Å². The summed E-state index contributed by atoms with van der Waals surface area (Å²) >= 11 is 0. The summed E-state index contributed by atoms with van der Waals surface area (Å²) in [5.41, 5.74) is 7.07. The second kappa shape index (κ2) is 7.58. The van der Waals surface area contributed by atoms with Crippen molar-refractivity contribution in [1.29, 1.82) is 0 Å². The Bertz CT molecular complexity index is 677. The van der Waals surface area contributed by atoms with Gasteiger partial charge in [0.25, 0.3) is 0 Å². The van der Waals surface area contributed by atoms with Gasteiger partial charge in [-0.15, -0.1) is 0 Å². The van der Waals surface area contributed by atoms with E-state index in [2.05, 4.69) is 4.98 Å². The van der Waals surface area contributed by atoms with E-state index in [1.54, 1.807) is 19.6 Å². The lowest BCUT2D eigenvalue weighted by Gasteiger charge is -2.15. The van der Waals surface area contributed by atoms with E-state index in [0.717, 1.165) is 17.0 Å². The van der Waals surface area contributed by atoms with Crippen LogP contribution in [-0.2, 0) is 23.1 Å². The summed E-state index contributed by atoms with van der Waals surface area (Å²) in [6, 6.07) is 7.38. The first kappa shape index (κ1) is 16.7. The molecular formula is C17H21N3O3. The van der Waals surface area contributed by atoms with Gasteiger partial charge in [0.1, 0.15) is 11.5 Å². The highest BCUT2D eigenvalue weighted by atomic mass is 16.5. The van der Waals surface area contributed by atoms with Gasteiger partial charge in [0, 0.05) is 44.1 Å². The number of amides is 1. The van der Waals surface area contributed by atoms with Gasteiger partial charge < -0.3 is 15.0 Å². The number of carbonyl (C=O) groups is 2. The maximum absolute atomic E-state index is 12.4. The molecule has 0 aliphatic rings. The second-order valence-corrected chi connectivity index (χ2v) is 5.56. The Morgan fingerprint density at radius 1 is 1.26 bits per heavy atom. The van der Waals surface area contributed by atoms with Crippen LogP contribution in [0.3, 0.4) is 0 Å². The normalized spacial score (nSPS) is 11.9. The average Bonchev–Trinajstić information content (AvgIpc) is 2.93. The number of nitrogens with two attached hydrogens (primary N) is 1. The quantitative estimate of drug-likeness (QED) is 0.801. The number of ketones is 1. The van der Waals surface area contributed by atoms with Crippen LogP contribution in [0.1, 0.15) is 30.0 Å². The standard InChI is InChI=1S/C17H21N3O3/c1-20-11-19-10-16(20)13(9-17(18)22)8-14(21)7-12-3-5-15(23-2)6-4-12/h3-6,10-11,13H,7-9H2,1-2H3,(H2,18,22). The predicted octanol–water partition coefficient (Wildman–Crippen LogP) is 1.59. The molecule has 2 rings (SSSR count). The number of ether oxygens (including phenoxy) is 1. The molecule has 0 saturated heterocycles. The summed E-state index contributed by atoms with van der Waals surface area (Å²) in [7, 11) is 3.44. The maximum Gasteiger partial charge on any atom is 0.218 e. The molecule has 0 aliphatic heterocycles. The number of carbonyl (C=O) groups excluding carboxylic acids is 2. The van der Waals surface area contributed by atoms with Crippen LogP contribution in [0.2, 0.25) is 0 Å². The smallest absolute Gasteiger partial charge is 0.218 e. The zero-order chi connectivity index (χ0) is 16.8. The number of hydrogen-bond donors (Lipinski definition) is 1. The molecule has 0 saturated carbocycles. The van der Waals surface area contributed by atoms with Gasteiger partial charge in [-0.3, -0.25) is 9.59 Å².